The number of aromatic nitrogens is 1. The van der Waals surface area contributed by atoms with Crippen LogP contribution in [0, 0.1) is 11.8 Å². The zero-order chi connectivity index (χ0) is 16.1. The van der Waals surface area contributed by atoms with Crippen molar-refractivity contribution in [3.8, 4) is 0 Å². The van der Waals surface area contributed by atoms with Crippen LogP contribution in [0.2, 0.25) is 0 Å². The van der Waals surface area contributed by atoms with Crippen LogP contribution >= 0.6 is 0 Å². The van der Waals surface area contributed by atoms with Crippen LogP contribution in [0.3, 0.4) is 0 Å². The molecule has 3 rings (SSSR count). The second kappa shape index (κ2) is 7.77. The number of piperidine rings is 1. The zero-order valence-electron chi connectivity index (χ0n) is 13.8. The molecule has 1 aliphatic heterocycles. The van der Waals surface area contributed by atoms with Crippen LogP contribution in [0.25, 0.3) is 0 Å². The van der Waals surface area contributed by atoms with Crippen LogP contribution in [0.15, 0.2) is 18.3 Å². The molecule has 5 heteroatoms. The summed E-state index contributed by atoms with van der Waals surface area (Å²) in [4.78, 5) is 19.2. The number of hydrogen-bond donors (Lipinski definition) is 2. The lowest BCUT2D eigenvalue weighted by Gasteiger charge is -2.28. The quantitative estimate of drug-likeness (QED) is 0.872. The van der Waals surface area contributed by atoms with Crippen molar-refractivity contribution in [2.45, 2.75) is 45.1 Å². The maximum atomic E-state index is 12.4. The minimum Gasteiger partial charge on any atom is -0.357 e. The van der Waals surface area contributed by atoms with E-state index in [0.29, 0.717) is 19.0 Å². The number of nitrogens with one attached hydrogen (secondary N) is 1. The van der Waals surface area contributed by atoms with Gasteiger partial charge in [0.25, 0.3) is 0 Å². The molecule has 0 bridgehead atoms. The van der Waals surface area contributed by atoms with E-state index in [1.54, 1.807) is 0 Å². The van der Waals surface area contributed by atoms with Gasteiger partial charge in [-0.15, -0.1) is 0 Å². The van der Waals surface area contributed by atoms with E-state index in [0.717, 1.165) is 43.7 Å². The lowest BCUT2D eigenvalue weighted by molar-refractivity contribution is -0.126. The first-order valence-corrected chi connectivity index (χ1v) is 8.95. The van der Waals surface area contributed by atoms with Gasteiger partial charge in [0.15, 0.2) is 0 Å². The first-order valence-electron chi connectivity index (χ1n) is 8.95. The van der Waals surface area contributed by atoms with Crippen LogP contribution in [0.5, 0.6) is 0 Å². The molecule has 1 aromatic heterocycles. The molecule has 2 fully saturated rings. The Labute approximate surface area is 138 Å². The smallest absolute Gasteiger partial charge is 0.223 e. The zero-order valence-corrected chi connectivity index (χ0v) is 13.8. The van der Waals surface area contributed by atoms with Crippen LogP contribution in [-0.4, -0.2) is 30.5 Å². The normalized spacial score (nSPS) is 24.7. The maximum Gasteiger partial charge on any atom is 0.223 e. The fraction of sp³-hybridized carbons (Fsp3) is 0.667. The van der Waals surface area contributed by atoms with Crippen molar-refractivity contribution in [1.82, 2.24) is 10.3 Å². The highest BCUT2D eigenvalue weighted by molar-refractivity contribution is 5.79. The second-order valence-electron chi connectivity index (χ2n) is 6.82. The van der Waals surface area contributed by atoms with Crippen molar-refractivity contribution in [2.24, 2.45) is 17.6 Å². The third-order valence-electron chi connectivity index (χ3n) is 5.26. The van der Waals surface area contributed by atoms with Gasteiger partial charge < -0.3 is 16.0 Å². The molecule has 0 radical (unpaired) electrons. The molecule has 1 saturated heterocycles. The van der Waals surface area contributed by atoms with Crippen LogP contribution in [0.4, 0.5) is 5.82 Å². The number of nitrogens with zero attached hydrogens (tertiary/aromatic N) is 2. The van der Waals surface area contributed by atoms with Crippen molar-refractivity contribution in [3.63, 3.8) is 0 Å². The fourth-order valence-electron chi connectivity index (χ4n) is 3.85. The molecule has 1 aliphatic carbocycles. The Morgan fingerprint density at radius 3 is 2.87 bits per heavy atom. The van der Waals surface area contributed by atoms with Gasteiger partial charge in [0.05, 0.1) is 0 Å². The molecule has 0 aromatic carbocycles. The molecule has 2 heterocycles. The van der Waals surface area contributed by atoms with Gasteiger partial charge in [0.1, 0.15) is 5.82 Å². The standard InChI is InChI=1S/C18H28N4O/c19-12-15-5-4-6-16(15)18(23)21-13-14-7-8-20-17(11-14)22-9-2-1-3-10-22/h7-8,11,15-16H,1-6,9-10,12-13,19H2,(H,21,23)/t15-,16-/m1/s1. The average molecular weight is 316 g/mol. The maximum absolute atomic E-state index is 12.4. The van der Waals surface area contributed by atoms with E-state index < -0.39 is 0 Å². The Balaban J connectivity index is 1.56. The van der Waals surface area contributed by atoms with E-state index in [-0.39, 0.29) is 11.8 Å². The predicted molar refractivity (Wildman–Crippen MR) is 92.0 cm³/mol. The van der Waals surface area contributed by atoms with Gasteiger partial charge in [-0.05, 0) is 62.3 Å². The van der Waals surface area contributed by atoms with Crippen LogP contribution in [-0.2, 0) is 11.3 Å². The number of amides is 1. The number of nitrogens with two attached hydrogens (primary N) is 1. The van der Waals surface area contributed by atoms with Gasteiger partial charge in [-0.1, -0.05) is 6.42 Å². The number of carbonyl (C=O) groups is 1. The van der Waals surface area contributed by atoms with E-state index >= 15 is 0 Å². The predicted octanol–water partition coefficient (Wildman–Crippen LogP) is 2.06. The molecular weight excluding hydrogens is 288 g/mol. The van der Waals surface area contributed by atoms with E-state index in [9.17, 15) is 4.79 Å². The van der Waals surface area contributed by atoms with Crippen LogP contribution < -0.4 is 16.0 Å². The highest BCUT2D eigenvalue weighted by atomic mass is 16.1. The molecule has 2 atom stereocenters. The summed E-state index contributed by atoms with van der Waals surface area (Å²) in [5, 5.41) is 3.09. The summed E-state index contributed by atoms with van der Waals surface area (Å²) in [5.41, 5.74) is 6.90. The van der Waals surface area contributed by atoms with Gasteiger partial charge in [-0.25, -0.2) is 4.98 Å². The average Bonchev–Trinajstić information content (AvgIpc) is 3.09. The van der Waals surface area contributed by atoms with Crippen molar-refractivity contribution in [3.05, 3.63) is 23.9 Å². The summed E-state index contributed by atoms with van der Waals surface area (Å²) in [5.74, 6) is 1.66. The molecule has 126 valence electrons. The molecule has 1 saturated carbocycles. The number of rotatable bonds is 5. The molecule has 3 N–H and O–H groups in total. The third kappa shape index (κ3) is 4.02. The Morgan fingerprint density at radius 1 is 1.26 bits per heavy atom. The largest absolute Gasteiger partial charge is 0.357 e. The molecule has 1 amide bonds. The molecule has 0 unspecified atom stereocenters. The van der Waals surface area contributed by atoms with E-state index in [1.165, 1.54) is 19.3 Å². The van der Waals surface area contributed by atoms with Gasteiger partial charge in [-0.3, -0.25) is 4.79 Å². The van der Waals surface area contributed by atoms with Gasteiger partial charge >= 0.3 is 0 Å². The van der Waals surface area contributed by atoms with Gasteiger partial charge in [-0.2, -0.15) is 0 Å². The van der Waals surface area contributed by atoms with E-state index in [1.807, 2.05) is 12.3 Å². The topological polar surface area (TPSA) is 71.2 Å². The minimum atomic E-state index is 0.100. The van der Waals surface area contributed by atoms with Crippen molar-refractivity contribution in [1.29, 1.82) is 0 Å². The summed E-state index contributed by atoms with van der Waals surface area (Å²) >= 11 is 0. The van der Waals surface area contributed by atoms with E-state index in [4.69, 9.17) is 5.73 Å². The Kier molecular flexibility index (Phi) is 5.49. The number of carbonyl (C=O) groups excluding carboxylic acids is 1. The lowest BCUT2D eigenvalue weighted by atomic mass is 9.95. The Bertz CT molecular complexity index is 528. The number of hydrogen-bond acceptors (Lipinski definition) is 4. The SMILES string of the molecule is NC[C@H]1CCC[C@H]1C(=O)NCc1ccnc(N2CCCCC2)c1. The van der Waals surface area contributed by atoms with E-state index in [2.05, 4.69) is 21.3 Å². The summed E-state index contributed by atoms with van der Waals surface area (Å²) in [6, 6.07) is 4.10. The second-order valence-corrected chi connectivity index (χ2v) is 6.82. The number of pyridine rings is 1. The first-order chi connectivity index (χ1) is 11.3. The Hall–Kier alpha value is -1.62. The van der Waals surface area contributed by atoms with Gasteiger partial charge in [0.2, 0.25) is 5.91 Å². The molecule has 1 aromatic rings. The molecule has 23 heavy (non-hydrogen) atoms. The molecule has 0 spiro atoms. The van der Waals surface area contributed by atoms with Crippen LogP contribution in [0.1, 0.15) is 44.1 Å². The molecule has 2 aliphatic rings. The van der Waals surface area contributed by atoms with Crippen molar-refractivity contribution >= 4 is 11.7 Å². The highest BCUT2D eigenvalue weighted by Crippen LogP contribution is 2.31. The molecular formula is C18H28N4O. The summed E-state index contributed by atoms with van der Waals surface area (Å²) in [6.45, 7) is 3.37. The molecule has 5 nitrogen and oxygen atoms in total. The summed E-state index contributed by atoms with van der Waals surface area (Å²) in [7, 11) is 0. The highest BCUT2D eigenvalue weighted by Gasteiger charge is 2.31. The number of anilines is 1. The third-order valence-corrected chi connectivity index (χ3v) is 5.26. The summed E-state index contributed by atoms with van der Waals surface area (Å²) in [6.07, 6.45) is 8.83. The summed E-state index contributed by atoms with van der Waals surface area (Å²) < 4.78 is 0. The fourth-order valence-corrected chi connectivity index (χ4v) is 3.85. The lowest BCUT2D eigenvalue weighted by Crippen LogP contribution is -2.34. The monoisotopic (exact) mass is 316 g/mol. The van der Waals surface area contributed by atoms with Crippen molar-refractivity contribution < 1.29 is 4.79 Å². The minimum absolute atomic E-state index is 0.100. The Morgan fingerprint density at radius 2 is 2.09 bits per heavy atom. The van der Waals surface area contributed by atoms with Gasteiger partial charge in [0, 0.05) is 31.7 Å². The van der Waals surface area contributed by atoms with Crippen molar-refractivity contribution in [2.75, 3.05) is 24.5 Å². The first kappa shape index (κ1) is 16.2.